The van der Waals surface area contributed by atoms with Gasteiger partial charge in [0.2, 0.25) is 0 Å². The third-order valence-electron chi connectivity index (χ3n) is 41.7. The molecule has 133 heavy (non-hydrogen) atoms. The number of hydrogen-bond donors (Lipinski definition) is 4. The molecule has 0 radical (unpaired) electrons. The van der Waals surface area contributed by atoms with Crippen molar-refractivity contribution < 1.29 is 44.3 Å². The van der Waals surface area contributed by atoms with E-state index in [0.717, 1.165) is 200 Å². The van der Waals surface area contributed by atoms with Crippen molar-refractivity contribution in [3.63, 3.8) is 0 Å². The van der Waals surface area contributed by atoms with Crippen LogP contribution in [0.2, 0.25) is 15.1 Å². The lowest BCUT2D eigenvalue weighted by molar-refractivity contribution is -0.133. The molecule has 0 unspecified atom stereocenters. The summed E-state index contributed by atoms with van der Waals surface area (Å²) in [6.07, 6.45) is 41.1. The number of aliphatic hydroxyl groups is 4. The van der Waals surface area contributed by atoms with Gasteiger partial charge in [0.05, 0.1) is 50.1 Å². The molecule has 24 rings (SSSR count). The van der Waals surface area contributed by atoms with Crippen LogP contribution in [-0.2, 0) is 45.4 Å². The number of ether oxygens (including phenoxy) is 1. The van der Waals surface area contributed by atoms with E-state index in [2.05, 4.69) is 68.7 Å². The third kappa shape index (κ3) is 16.9. The van der Waals surface area contributed by atoms with E-state index in [0.29, 0.717) is 96.5 Å². The van der Waals surface area contributed by atoms with Gasteiger partial charge in [0.1, 0.15) is 65.0 Å². The van der Waals surface area contributed by atoms with Crippen molar-refractivity contribution in [3.8, 4) is 5.75 Å². The first-order valence-electron chi connectivity index (χ1n) is 52.4. The van der Waals surface area contributed by atoms with Crippen LogP contribution in [-0.4, -0.2) is 133 Å². The SMILES string of the molecule is COc1cccc2nn(CC(=O)[C@H]3CC[C@H]4[C@@H]5CC[C@@H]6C[C@](C)(O)CC[C@@H]6[C@H]5CC[C@]34C)nc12.C[C@@]1(O)CC[C@H]2[C@H](CC[C@@H]3[C@@H]2CC[C@]2(C)[C@@H](C(=O)Cn4nc5cccc(Cl)c5n4)CC[C@@H]32)C1.C[C@@]1(O)CC[C@H]2[C@H](CC[C@@H]3[C@@H]2CC[C@]2(C)[C@@H](C(=O)Cn4nnc5c(Cl)cccc54)CC[C@@H]32)C1.C[C@@]1(O)CC[C@H]2[C@H](CC[C@@H]3[C@@H]2CC[C@]2(C)[C@@H](C(=O)Cn4nnc5cccc(Cl)c54)CC[C@@H]32)C1. The number of fused-ring (bicyclic) bond motifs is 24. The number of ketones is 4. The molecule has 32 atom stereocenters. The van der Waals surface area contributed by atoms with Crippen LogP contribution in [0.4, 0.5) is 0 Å². The average Bonchev–Trinajstić information content (AvgIpc) is 1.21. The lowest BCUT2D eigenvalue weighted by atomic mass is 9.49. The summed E-state index contributed by atoms with van der Waals surface area (Å²) >= 11 is 18.9. The Bertz CT molecular complexity index is 5680. The highest BCUT2D eigenvalue weighted by molar-refractivity contribution is 6.35. The average molecular weight is 1880 g/mol. The van der Waals surface area contributed by atoms with Crippen molar-refractivity contribution in [2.75, 3.05) is 7.11 Å². The fraction of sp³-hybridized carbons (Fsp3) is 0.743. The van der Waals surface area contributed by atoms with E-state index < -0.39 is 22.4 Å². The van der Waals surface area contributed by atoms with Crippen molar-refractivity contribution in [2.24, 2.45) is 164 Å². The van der Waals surface area contributed by atoms with Crippen LogP contribution >= 0.6 is 34.8 Å². The van der Waals surface area contributed by atoms with Crippen LogP contribution in [0, 0.1) is 164 Å². The van der Waals surface area contributed by atoms with Crippen molar-refractivity contribution >= 4 is 102 Å². The summed E-state index contributed by atoms with van der Waals surface area (Å²) in [4.78, 5) is 57.5. The normalized spacial score (nSPS) is 42.3. The zero-order valence-corrected chi connectivity index (χ0v) is 82.7. The number of rotatable bonds is 13. The number of benzene rings is 4. The molecule has 16 saturated carbocycles. The Morgan fingerprint density at radius 1 is 0.331 bits per heavy atom. The topological polar surface area (TPSA) is 281 Å². The number of aromatic nitrogens is 12. The Hall–Kier alpha value is -6.33. The smallest absolute Gasteiger partial charge is 0.159 e. The van der Waals surface area contributed by atoms with Gasteiger partial charge in [-0.25, -0.2) is 9.36 Å². The van der Waals surface area contributed by atoms with Gasteiger partial charge in [-0.05, 0) is 447 Å². The summed E-state index contributed by atoms with van der Waals surface area (Å²) in [6.45, 7) is 18.8. The molecule has 4 aromatic heterocycles. The van der Waals surface area contributed by atoms with Gasteiger partial charge in [-0.3, -0.25) is 19.2 Å². The van der Waals surface area contributed by atoms with Crippen molar-refractivity contribution in [1.82, 2.24) is 60.0 Å². The molecule has 0 bridgehead atoms. The molecule has 718 valence electrons. The molecule has 16 aliphatic carbocycles. The number of halogens is 3. The molecule has 0 amide bonds. The minimum absolute atomic E-state index is 0.103. The van der Waals surface area contributed by atoms with Gasteiger partial charge in [0.15, 0.2) is 28.6 Å². The summed E-state index contributed by atoms with van der Waals surface area (Å²) in [5, 5.41) is 79.4. The van der Waals surface area contributed by atoms with Crippen LogP contribution < -0.4 is 4.74 Å². The van der Waals surface area contributed by atoms with Crippen LogP contribution in [0.1, 0.15) is 287 Å². The largest absolute Gasteiger partial charge is 0.494 e. The van der Waals surface area contributed by atoms with E-state index in [1.165, 1.54) is 135 Å². The molecule has 24 heteroatoms. The summed E-state index contributed by atoms with van der Waals surface area (Å²) in [5.41, 5.74) is 4.51. The Morgan fingerprint density at radius 2 is 0.654 bits per heavy atom. The van der Waals surface area contributed by atoms with E-state index in [-0.39, 0.29) is 77.3 Å². The molecule has 4 N–H and O–H groups in total. The van der Waals surface area contributed by atoms with Gasteiger partial charge < -0.3 is 25.2 Å². The van der Waals surface area contributed by atoms with Gasteiger partial charge >= 0.3 is 0 Å². The summed E-state index contributed by atoms with van der Waals surface area (Å²) in [6, 6.07) is 22.5. The van der Waals surface area contributed by atoms with Crippen molar-refractivity contribution in [1.29, 1.82) is 0 Å². The van der Waals surface area contributed by atoms with E-state index in [9.17, 15) is 39.6 Å². The van der Waals surface area contributed by atoms with Crippen LogP contribution in [0.5, 0.6) is 5.75 Å². The lowest BCUT2D eigenvalue weighted by Gasteiger charge is -2.56. The Kier molecular flexibility index (Phi) is 24.8. The highest BCUT2D eigenvalue weighted by atomic mass is 35.5. The Labute approximate surface area is 800 Å². The first-order valence-corrected chi connectivity index (χ1v) is 53.5. The Balaban J connectivity index is 0.000000107. The Morgan fingerprint density at radius 3 is 1.05 bits per heavy atom. The maximum absolute atomic E-state index is 13.6. The number of para-hydroxylation sites is 1. The van der Waals surface area contributed by atoms with Gasteiger partial charge in [-0.1, -0.05) is 97.2 Å². The van der Waals surface area contributed by atoms with Crippen LogP contribution in [0.25, 0.3) is 44.1 Å². The zero-order valence-electron chi connectivity index (χ0n) is 80.4. The number of carbonyl (C=O) groups excluding carboxylic acids is 4. The highest BCUT2D eigenvalue weighted by Crippen LogP contribution is 2.70. The van der Waals surface area contributed by atoms with E-state index in [1.54, 1.807) is 26.1 Å². The summed E-state index contributed by atoms with van der Waals surface area (Å²) < 4.78 is 8.87. The molecule has 4 aromatic carbocycles. The first-order chi connectivity index (χ1) is 63.6. The van der Waals surface area contributed by atoms with Gasteiger partial charge in [-0.2, -0.15) is 24.9 Å². The van der Waals surface area contributed by atoms with E-state index in [1.807, 2.05) is 100 Å². The molecular weight excluding hydrogens is 1730 g/mol. The monoisotopic (exact) mass is 1870 g/mol. The van der Waals surface area contributed by atoms with Gasteiger partial charge in [0.25, 0.3) is 0 Å². The van der Waals surface area contributed by atoms with E-state index >= 15 is 0 Å². The molecule has 4 heterocycles. The quantitative estimate of drug-likeness (QED) is 0.0834. The fourth-order valence-corrected chi connectivity index (χ4v) is 36.5. The maximum Gasteiger partial charge on any atom is 0.159 e. The predicted octanol–water partition coefficient (Wildman–Crippen LogP) is 22.0. The number of methoxy groups -OCH3 is 1. The second-order valence-electron chi connectivity index (χ2n) is 48.9. The van der Waals surface area contributed by atoms with Crippen molar-refractivity contribution in [3.05, 3.63) is 87.9 Å². The third-order valence-corrected chi connectivity index (χ3v) is 42.6. The number of carbonyl (C=O) groups is 4. The standard InChI is InChI=1S/C28H39N3O3.3C27H36ClN3O2/c1-27(33)13-11-18-17(15-27)7-8-20-19(18)12-14-28(2)21(20)9-10-22(28)24(32)16-31-29-23-5-4-6-25(34-3)26(23)30-31;1-26(33)12-10-17-16(14-26)6-7-19-18(17)11-13-27(2)20(19)8-9-21(27)24(32)15-31-23-5-3-4-22(28)25(23)29-30-31;1-26(33)12-10-17-16(14-26)6-7-19-18(17)11-13-27(2)20(19)8-9-21(27)24(32)15-31-25-22(28)4-3-5-23(25)29-30-31;1-26(33)12-10-17-16(14-26)6-7-19-18(17)11-13-27(2)20(19)8-9-21(27)24(32)15-31-29-23-5-3-4-22(28)25(23)30-31/h4-6,17-22,33H,7-16H2,1-3H3;3*3-5,16-21,33H,6-15H2,1-2H3/t17-,18+,19-,20-,21+,22-,27-,28+;3*16-,17+,18-,19-,20+,21-,26-,27+/m1111/s1. The minimum Gasteiger partial charge on any atom is -0.494 e. The molecule has 0 spiro atoms. The number of nitrogens with zero attached hydrogens (tertiary/aromatic N) is 12. The van der Waals surface area contributed by atoms with Crippen LogP contribution in [0.15, 0.2) is 72.8 Å². The predicted molar refractivity (Wildman–Crippen MR) is 517 cm³/mol. The van der Waals surface area contributed by atoms with E-state index in [4.69, 9.17) is 39.5 Å². The summed E-state index contributed by atoms with van der Waals surface area (Å²) in [5.74, 6) is 17.1. The number of Topliss-reactive ketones (excluding diaryl/α,β-unsaturated/α-hetero) is 4. The van der Waals surface area contributed by atoms with Gasteiger partial charge in [0, 0.05) is 23.7 Å². The molecule has 0 saturated heterocycles. The highest BCUT2D eigenvalue weighted by Gasteiger charge is 2.65. The molecule has 21 nitrogen and oxygen atoms in total. The lowest BCUT2D eigenvalue weighted by Crippen LogP contribution is -2.51. The van der Waals surface area contributed by atoms with Crippen LogP contribution in [0.3, 0.4) is 0 Å². The molecular formula is C109H147Cl3N12O9. The molecule has 16 aliphatic rings. The second-order valence-corrected chi connectivity index (χ2v) is 50.1. The zero-order chi connectivity index (χ0) is 92.5. The summed E-state index contributed by atoms with van der Waals surface area (Å²) in [7, 11) is 1.64. The second kappa shape index (κ2) is 35.5. The molecule has 8 aromatic rings. The minimum atomic E-state index is -0.462. The number of hydrogen-bond acceptors (Lipinski definition) is 17. The maximum atomic E-state index is 13.6. The first kappa shape index (κ1) is 93.0. The molecule has 0 aliphatic heterocycles. The van der Waals surface area contributed by atoms with Crippen molar-refractivity contribution in [2.45, 2.75) is 335 Å². The fourth-order valence-electron chi connectivity index (χ4n) is 35.8. The molecule has 16 fully saturated rings. The van der Waals surface area contributed by atoms with Gasteiger partial charge in [-0.15, -0.1) is 15.3 Å².